The first kappa shape index (κ1) is 13.0. The van der Waals surface area contributed by atoms with E-state index in [0.717, 1.165) is 12.8 Å². The van der Waals surface area contributed by atoms with Gasteiger partial charge in [0.05, 0.1) is 0 Å². The molecule has 1 aliphatic rings. The van der Waals surface area contributed by atoms with E-state index in [-0.39, 0.29) is 23.2 Å². The van der Waals surface area contributed by atoms with Crippen LogP contribution in [0.25, 0.3) is 0 Å². The van der Waals surface area contributed by atoms with Crippen molar-refractivity contribution in [3.8, 4) is 0 Å². The highest BCUT2D eigenvalue weighted by molar-refractivity contribution is 5.87. The quantitative estimate of drug-likeness (QED) is 0.750. The van der Waals surface area contributed by atoms with Crippen LogP contribution < -0.4 is 5.32 Å². The van der Waals surface area contributed by atoms with E-state index in [1.165, 1.54) is 0 Å². The van der Waals surface area contributed by atoms with Crippen molar-refractivity contribution in [2.75, 3.05) is 0 Å². The van der Waals surface area contributed by atoms with Crippen molar-refractivity contribution >= 4 is 11.9 Å². The fourth-order valence-electron chi connectivity index (χ4n) is 1.85. The summed E-state index contributed by atoms with van der Waals surface area (Å²) in [5.74, 6) is -1.11. The molecular formula is C12H21NO3. The molecule has 16 heavy (non-hydrogen) atoms. The van der Waals surface area contributed by atoms with Gasteiger partial charge in [-0.3, -0.25) is 4.79 Å². The van der Waals surface area contributed by atoms with E-state index in [1.54, 1.807) is 0 Å². The molecular weight excluding hydrogens is 206 g/mol. The highest BCUT2D eigenvalue weighted by Gasteiger charge is 2.51. The predicted molar refractivity (Wildman–Crippen MR) is 60.9 cm³/mol. The fraction of sp³-hybridized carbons (Fsp3) is 0.833. The zero-order chi connectivity index (χ0) is 12.5. The summed E-state index contributed by atoms with van der Waals surface area (Å²) in [6.45, 7) is 7.82. The van der Waals surface area contributed by atoms with Crippen LogP contribution in [0.3, 0.4) is 0 Å². The molecule has 0 aromatic carbocycles. The minimum atomic E-state index is -0.943. The Hall–Kier alpha value is -1.06. The van der Waals surface area contributed by atoms with E-state index in [9.17, 15) is 9.59 Å². The lowest BCUT2D eigenvalue weighted by atomic mass is 9.99. The largest absolute Gasteiger partial charge is 0.480 e. The summed E-state index contributed by atoms with van der Waals surface area (Å²) in [4.78, 5) is 22.8. The van der Waals surface area contributed by atoms with E-state index in [0.29, 0.717) is 0 Å². The predicted octanol–water partition coefficient (Wildman–Crippen LogP) is 1.65. The Morgan fingerprint density at radius 2 is 2.00 bits per heavy atom. The lowest BCUT2D eigenvalue weighted by molar-refractivity contribution is -0.143. The van der Waals surface area contributed by atoms with Gasteiger partial charge in [-0.1, -0.05) is 34.1 Å². The highest BCUT2D eigenvalue weighted by atomic mass is 16.4. The molecule has 4 heteroatoms. The lowest BCUT2D eigenvalue weighted by Gasteiger charge is -2.20. The molecule has 1 rings (SSSR count). The van der Waals surface area contributed by atoms with Crippen LogP contribution in [0, 0.1) is 17.3 Å². The smallest absolute Gasteiger partial charge is 0.326 e. The number of hydrogen-bond donors (Lipinski definition) is 2. The molecule has 0 spiro atoms. The first-order valence-electron chi connectivity index (χ1n) is 5.82. The van der Waals surface area contributed by atoms with E-state index in [2.05, 4.69) is 5.32 Å². The van der Waals surface area contributed by atoms with Gasteiger partial charge in [0.2, 0.25) is 5.91 Å². The Balaban J connectivity index is 2.56. The molecule has 0 aliphatic heterocycles. The maximum atomic E-state index is 11.8. The molecule has 0 saturated heterocycles. The van der Waals surface area contributed by atoms with Gasteiger partial charge in [-0.05, 0) is 17.8 Å². The third-order valence-electron chi connectivity index (χ3n) is 3.61. The lowest BCUT2D eigenvalue weighted by Crippen LogP contribution is -2.46. The number of aliphatic carboxylic acids is 1. The second-order valence-electron chi connectivity index (χ2n) is 5.46. The number of carbonyl (C=O) groups excluding carboxylic acids is 1. The van der Waals surface area contributed by atoms with Gasteiger partial charge in [0, 0.05) is 5.92 Å². The maximum absolute atomic E-state index is 11.8. The molecule has 0 aromatic rings. The molecule has 2 N–H and O–H groups in total. The first-order valence-corrected chi connectivity index (χ1v) is 5.82. The molecule has 0 bridgehead atoms. The molecule has 0 radical (unpaired) electrons. The third-order valence-corrected chi connectivity index (χ3v) is 3.61. The van der Waals surface area contributed by atoms with E-state index < -0.39 is 12.0 Å². The van der Waals surface area contributed by atoms with Crippen LogP contribution in [-0.2, 0) is 9.59 Å². The van der Waals surface area contributed by atoms with E-state index in [1.807, 2.05) is 27.7 Å². The van der Waals surface area contributed by atoms with Gasteiger partial charge in [0.1, 0.15) is 6.04 Å². The summed E-state index contributed by atoms with van der Waals surface area (Å²) in [5.41, 5.74) is 0.0442. The van der Waals surface area contributed by atoms with Crippen LogP contribution in [0.15, 0.2) is 0 Å². The second-order valence-corrected chi connectivity index (χ2v) is 5.46. The van der Waals surface area contributed by atoms with Gasteiger partial charge in [0.15, 0.2) is 0 Å². The molecule has 1 unspecified atom stereocenters. The van der Waals surface area contributed by atoms with Crippen molar-refractivity contribution < 1.29 is 14.7 Å². The Morgan fingerprint density at radius 3 is 2.31 bits per heavy atom. The van der Waals surface area contributed by atoms with Crippen LogP contribution in [0.4, 0.5) is 0 Å². The zero-order valence-corrected chi connectivity index (χ0v) is 10.4. The Bertz CT molecular complexity index is 299. The SMILES string of the molecule is CC[C@H](C)[C@H](NC(=O)C1CC1(C)C)C(=O)O. The summed E-state index contributed by atoms with van der Waals surface area (Å²) >= 11 is 0. The van der Waals surface area contributed by atoms with Crippen LogP contribution in [0.1, 0.15) is 40.5 Å². The topological polar surface area (TPSA) is 66.4 Å². The number of carboxylic acids is 1. The summed E-state index contributed by atoms with van der Waals surface area (Å²) in [6.07, 6.45) is 1.59. The summed E-state index contributed by atoms with van der Waals surface area (Å²) in [7, 11) is 0. The van der Waals surface area contributed by atoms with Crippen molar-refractivity contribution in [1.29, 1.82) is 0 Å². The minimum Gasteiger partial charge on any atom is -0.480 e. The Kier molecular flexibility index (Phi) is 3.61. The molecule has 0 heterocycles. The van der Waals surface area contributed by atoms with Crippen LogP contribution >= 0.6 is 0 Å². The first-order chi connectivity index (χ1) is 7.29. The molecule has 1 fully saturated rings. The third kappa shape index (κ3) is 2.74. The molecule has 1 aliphatic carbocycles. The molecule has 4 nitrogen and oxygen atoms in total. The van der Waals surface area contributed by atoms with Crippen LogP contribution in [-0.4, -0.2) is 23.0 Å². The number of carboxylic acid groups (broad SMARTS) is 1. The summed E-state index contributed by atoms with van der Waals surface area (Å²) in [5, 5.41) is 11.7. The minimum absolute atomic E-state index is 0.0154. The van der Waals surface area contributed by atoms with Gasteiger partial charge < -0.3 is 10.4 Å². The fourth-order valence-corrected chi connectivity index (χ4v) is 1.85. The maximum Gasteiger partial charge on any atom is 0.326 e. The monoisotopic (exact) mass is 227 g/mol. The van der Waals surface area contributed by atoms with Crippen molar-refractivity contribution in [3.63, 3.8) is 0 Å². The zero-order valence-electron chi connectivity index (χ0n) is 10.4. The van der Waals surface area contributed by atoms with Gasteiger partial charge in [-0.2, -0.15) is 0 Å². The average Bonchev–Trinajstić information content (AvgIpc) is 2.82. The Morgan fingerprint density at radius 1 is 1.50 bits per heavy atom. The molecule has 3 atom stereocenters. The molecule has 92 valence electrons. The van der Waals surface area contributed by atoms with Gasteiger partial charge >= 0.3 is 5.97 Å². The summed E-state index contributed by atoms with van der Waals surface area (Å²) in [6, 6.07) is -0.756. The van der Waals surface area contributed by atoms with E-state index in [4.69, 9.17) is 5.11 Å². The van der Waals surface area contributed by atoms with Crippen molar-refractivity contribution in [2.45, 2.75) is 46.6 Å². The highest BCUT2D eigenvalue weighted by Crippen LogP contribution is 2.51. The van der Waals surface area contributed by atoms with Gasteiger partial charge in [-0.25, -0.2) is 4.79 Å². The number of rotatable bonds is 5. The van der Waals surface area contributed by atoms with Crippen molar-refractivity contribution in [1.82, 2.24) is 5.32 Å². The normalized spacial score (nSPS) is 25.6. The second kappa shape index (κ2) is 4.44. The number of carbonyl (C=O) groups is 2. The standard InChI is InChI=1S/C12H21NO3/c1-5-7(2)9(11(15)16)13-10(14)8-6-12(8,3)4/h7-9H,5-6H2,1-4H3,(H,13,14)(H,15,16)/t7-,8?,9-/m0/s1. The van der Waals surface area contributed by atoms with Crippen LogP contribution in [0.2, 0.25) is 0 Å². The Labute approximate surface area is 96.4 Å². The average molecular weight is 227 g/mol. The van der Waals surface area contributed by atoms with Crippen molar-refractivity contribution in [3.05, 3.63) is 0 Å². The molecule has 1 amide bonds. The molecule has 0 aromatic heterocycles. The van der Waals surface area contributed by atoms with Crippen LogP contribution in [0.5, 0.6) is 0 Å². The van der Waals surface area contributed by atoms with Crippen molar-refractivity contribution in [2.24, 2.45) is 17.3 Å². The number of nitrogens with one attached hydrogen (secondary N) is 1. The number of hydrogen-bond acceptors (Lipinski definition) is 2. The summed E-state index contributed by atoms with van der Waals surface area (Å²) < 4.78 is 0. The van der Waals surface area contributed by atoms with E-state index >= 15 is 0 Å². The van der Waals surface area contributed by atoms with Gasteiger partial charge in [-0.15, -0.1) is 0 Å². The van der Waals surface area contributed by atoms with Gasteiger partial charge in [0.25, 0.3) is 0 Å². The molecule has 1 saturated carbocycles. The number of amides is 1.